The summed E-state index contributed by atoms with van der Waals surface area (Å²) in [6.45, 7) is 7.98. The summed E-state index contributed by atoms with van der Waals surface area (Å²) in [5, 5.41) is 17.2. The quantitative estimate of drug-likeness (QED) is 0.424. The van der Waals surface area contributed by atoms with Crippen LogP contribution >= 0.6 is 0 Å². The number of aliphatic hydroxyl groups is 1. The molecule has 4 rings (SSSR count). The van der Waals surface area contributed by atoms with Crippen molar-refractivity contribution in [3.63, 3.8) is 0 Å². The fourth-order valence-electron chi connectivity index (χ4n) is 3.76. The number of benzene rings is 2. The van der Waals surface area contributed by atoms with Crippen molar-refractivity contribution >= 4 is 27.6 Å². The molecule has 0 amide bonds. The summed E-state index contributed by atoms with van der Waals surface area (Å²) in [6, 6.07) is 14.8. The third-order valence-electron chi connectivity index (χ3n) is 5.01. The Balaban J connectivity index is 1.85. The first kappa shape index (κ1) is 20.3. The van der Waals surface area contributed by atoms with E-state index in [4.69, 9.17) is 4.74 Å². The summed E-state index contributed by atoms with van der Waals surface area (Å²) in [7, 11) is 0. The summed E-state index contributed by atoms with van der Waals surface area (Å²) in [6.07, 6.45) is 3.63. The van der Waals surface area contributed by atoms with Gasteiger partial charge < -0.3 is 19.7 Å². The molecule has 2 N–H and O–H groups in total. The van der Waals surface area contributed by atoms with E-state index in [1.54, 1.807) is 20.2 Å². The molecule has 2 aromatic heterocycles. The number of aromatic nitrogens is 3. The highest BCUT2D eigenvalue weighted by Gasteiger charge is 2.21. The molecule has 6 heteroatoms. The first-order valence-electron chi connectivity index (χ1n) is 10.3. The van der Waals surface area contributed by atoms with Crippen molar-refractivity contribution < 1.29 is 9.84 Å². The lowest BCUT2D eigenvalue weighted by Crippen LogP contribution is -2.25. The number of nitrogens with zero attached hydrogens (tertiary/aromatic N) is 3. The molecule has 0 aliphatic rings. The molecule has 0 aliphatic heterocycles. The zero-order chi connectivity index (χ0) is 21.1. The van der Waals surface area contributed by atoms with Gasteiger partial charge in [0.25, 0.3) is 0 Å². The second-order valence-corrected chi connectivity index (χ2v) is 8.09. The van der Waals surface area contributed by atoms with Crippen LogP contribution < -0.4 is 5.32 Å². The van der Waals surface area contributed by atoms with E-state index >= 15 is 0 Å². The van der Waals surface area contributed by atoms with E-state index in [1.807, 2.05) is 23.6 Å². The van der Waals surface area contributed by atoms with Crippen molar-refractivity contribution in [2.24, 2.45) is 0 Å². The Morgan fingerprint density at radius 3 is 2.67 bits per heavy atom. The number of hydrogen-bond acceptors (Lipinski definition) is 5. The second kappa shape index (κ2) is 8.42. The highest BCUT2D eigenvalue weighted by molar-refractivity contribution is 6.02. The summed E-state index contributed by atoms with van der Waals surface area (Å²) in [5.41, 5.74) is 2.07. The van der Waals surface area contributed by atoms with E-state index in [-0.39, 0.29) is 0 Å². The molecule has 2 aromatic carbocycles. The summed E-state index contributed by atoms with van der Waals surface area (Å²) in [4.78, 5) is 9.06. The van der Waals surface area contributed by atoms with Crippen LogP contribution in [0.5, 0.6) is 0 Å². The topological polar surface area (TPSA) is 72.2 Å². The van der Waals surface area contributed by atoms with Crippen molar-refractivity contribution in [2.45, 2.75) is 32.9 Å². The molecule has 0 atom stereocenters. The van der Waals surface area contributed by atoms with E-state index in [2.05, 4.69) is 51.8 Å². The third-order valence-corrected chi connectivity index (χ3v) is 5.01. The molecule has 0 radical (unpaired) electrons. The van der Waals surface area contributed by atoms with Crippen LogP contribution in [0, 0.1) is 0 Å². The van der Waals surface area contributed by atoms with Crippen LogP contribution in [0.1, 0.15) is 20.8 Å². The average molecular weight is 405 g/mol. The summed E-state index contributed by atoms with van der Waals surface area (Å²) in [5.74, 6) is 0.775. The molecule has 156 valence electrons. The number of ether oxygens (including phenoxy) is 1. The molecule has 2 heterocycles. The highest BCUT2D eigenvalue weighted by atomic mass is 16.5. The number of anilines is 1. The van der Waals surface area contributed by atoms with Gasteiger partial charge >= 0.3 is 0 Å². The molecular formula is C24H28N4O2. The van der Waals surface area contributed by atoms with Crippen molar-refractivity contribution in [3.05, 3.63) is 55.0 Å². The molecule has 30 heavy (non-hydrogen) atoms. The van der Waals surface area contributed by atoms with Gasteiger partial charge in [-0.05, 0) is 43.2 Å². The highest BCUT2D eigenvalue weighted by Crippen LogP contribution is 2.35. The molecule has 0 fully saturated rings. The van der Waals surface area contributed by atoms with Crippen LogP contribution in [-0.2, 0) is 11.3 Å². The fraction of sp³-hybridized carbons (Fsp3) is 0.333. The van der Waals surface area contributed by atoms with Crippen molar-refractivity contribution in [1.82, 2.24) is 14.5 Å². The van der Waals surface area contributed by atoms with Gasteiger partial charge in [-0.15, -0.1) is 0 Å². The molecule has 6 nitrogen and oxygen atoms in total. The fourth-order valence-corrected chi connectivity index (χ4v) is 3.76. The maximum atomic E-state index is 10.4. The first-order chi connectivity index (χ1) is 14.5. The largest absolute Gasteiger partial charge is 0.389 e. The van der Waals surface area contributed by atoms with Crippen LogP contribution in [0.15, 0.2) is 55.0 Å². The van der Waals surface area contributed by atoms with Crippen LogP contribution in [0.25, 0.3) is 32.9 Å². The van der Waals surface area contributed by atoms with Gasteiger partial charge in [0.15, 0.2) is 0 Å². The Bertz CT molecular complexity index is 1160. The predicted octanol–water partition coefficient (Wildman–Crippen LogP) is 4.47. The lowest BCUT2D eigenvalue weighted by atomic mass is 10.0. The number of hydrogen-bond donors (Lipinski definition) is 2. The van der Waals surface area contributed by atoms with E-state index in [9.17, 15) is 5.11 Å². The molecule has 0 saturated heterocycles. The van der Waals surface area contributed by atoms with Crippen LogP contribution in [-0.4, -0.2) is 45.0 Å². The summed E-state index contributed by atoms with van der Waals surface area (Å²) >= 11 is 0. The Labute approximate surface area is 176 Å². The second-order valence-electron chi connectivity index (χ2n) is 8.09. The number of fused-ring (bicyclic) bond motifs is 2. The van der Waals surface area contributed by atoms with Crippen LogP contribution in [0.2, 0.25) is 0 Å². The normalized spacial score (nSPS) is 12.0. The van der Waals surface area contributed by atoms with Gasteiger partial charge in [0, 0.05) is 24.9 Å². The average Bonchev–Trinajstić information content (AvgIpc) is 3.08. The van der Waals surface area contributed by atoms with E-state index in [0.29, 0.717) is 26.3 Å². The van der Waals surface area contributed by atoms with Gasteiger partial charge in [0.2, 0.25) is 0 Å². The molecule has 0 unspecified atom stereocenters. The van der Waals surface area contributed by atoms with E-state index in [1.165, 1.54) is 10.8 Å². The molecular weight excluding hydrogens is 376 g/mol. The van der Waals surface area contributed by atoms with E-state index in [0.717, 1.165) is 28.0 Å². The Morgan fingerprint density at radius 2 is 1.90 bits per heavy atom. The number of nitrogens with one attached hydrogen (secondary N) is 1. The third kappa shape index (κ3) is 4.30. The first-order valence-corrected chi connectivity index (χ1v) is 10.3. The molecule has 0 saturated carbocycles. The Kier molecular flexibility index (Phi) is 5.70. The molecule has 4 aromatic rings. The van der Waals surface area contributed by atoms with Crippen molar-refractivity contribution in [1.29, 1.82) is 0 Å². The monoisotopic (exact) mass is 404 g/mol. The smallest absolute Gasteiger partial charge is 0.146 e. The number of rotatable bonds is 8. The minimum Gasteiger partial charge on any atom is -0.389 e. The minimum atomic E-state index is -0.861. The SMILES string of the molecule is CCOCCNc1ncnc2c1c(-c1ccc3ccccc3c1)cn2CC(C)(C)O. The standard InChI is InChI=1S/C24H28N4O2/c1-4-30-12-11-25-22-21-20(19-10-9-17-7-5-6-8-18(17)13-19)14-28(15-24(2,3)29)23(21)27-16-26-22/h5-10,13-14,16,29H,4,11-12,15H2,1-3H3,(H,25,26,27). The van der Waals surface area contributed by atoms with Gasteiger partial charge in [-0.1, -0.05) is 36.4 Å². The zero-order valence-corrected chi connectivity index (χ0v) is 17.7. The van der Waals surface area contributed by atoms with E-state index < -0.39 is 5.60 Å². The van der Waals surface area contributed by atoms with Crippen LogP contribution in [0.4, 0.5) is 5.82 Å². The lowest BCUT2D eigenvalue weighted by Gasteiger charge is -2.18. The van der Waals surface area contributed by atoms with Gasteiger partial charge in [0.05, 0.1) is 24.1 Å². The lowest BCUT2D eigenvalue weighted by molar-refractivity contribution is 0.0627. The van der Waals surface area contributed by atoms with Gasteiger partial charge in [0.1, 0.15) is 17.8 Å². The van der Waals surface area contributed by atoms with Crippen LogP contribution in [0.3, 0.4) is 0 Å². The van der Waals surface area contributed by atoms with Crippen molar-refractivity contribution in [3.8, 4) is 11.1 Å². The molecule has 0 spiro atoms. The van der Waals surface area contributed by atoms with Gasteiger partial charge in [-0.25, -0.2) is 9.97 Å². The molecule has 0 aliphatic carbocycles. The molecule has 0 bridgehead atoms. The minimum absolute atomic E-state index is 0.437. The maximum absolute atomic E-state index is 10.4. The maximum Gasteiger partial charge on any atom is 0.146 e. The van der Waals surface area contributed by atoms with Gasteiger partial charge in [-0.3, -0.25) is 0 Å². The van der Waals surface area contributed by atoms with Crippen molar-refractivity contribution in [2.75, 3.05) is 25.1 Å². The summed E-state index contributed by atoms with van der Waals surface area (Å²) < 4.78 is 7.47. The Hall–Kier alpha value is -2.96. The zero-order valence-electron chi connectivity index (χ0n) is 17.7. The Morgan fingerprint density at radius 1 is 1.10 bits per heavy atom. The predicted molar refractivity (Wildman–Crippen MR) is 122 cm³/mol. The van der Waals surface area contributed by atoms with Gasteiger partial charge in [-0.2, -0.15) is 0 Å².